The van der Waals surface area contributed by atoms with Gasteiger partial charge in [-0.2, -0.15) is 0 Å². The molecule has 0 aromatic heterocycles. The molecule has 0 aliphatic heterocycles. The lowest BCUT2D eigenvalue weighted by molar-refractivity contribution is -0.119. The van der Waals surface area contributed by atoms with Crippen LogP contribution in [0, 0.1) is 11.8 Å². The van der Waals surface area contributed by atoms with Crippen molar-refractivity contribution < 1.29 is 4.79 Å². The number of hydrogen-bond acceptors (Lipinski definition) is 2. The Morgan fingerprint density at radius 3 is 2.50 bits per heavy atom. The molecule has 1 amide bonds. The summed E-state index contributed by atoms with van der Waals surface area (Å²) in [4.78, 5) is 14.7. The van der Waals surface area contributed by atoms with E-state index in [0.717, 1.165) is 25.1 Å². The van der Waals surface area contributed by atoms with Crippen molar-refractivity contribution in [3.8, 4) is 0 Å². The number of nitrogens with two attached hydrogens (primary N) is 1. The molecule has 2 aliphatic rings. The van der Waals surface area contributed by atoms with Crippen LogP contribution in [0.2, 0.25) is 0 Å². The Labute approximate surface area is 121 Å². The molecule has 0 bridgehead atoms. The molecule has 2 atom stereocenters. The molecule has 0 unspecified atom stereocenters. The zero-order valence-corrected chi connectivity index (χ0v) is 12.0. The van der Waals surface area contributed by atoms with Crippen molar-refractivity contribution in [2.24, 2.45) is 17.6 Å². The molecule has 1 aromatic carbocycles. The highest BCUT2D eigenvalue weighted by Crippen LogP contribution is 2.33. The first-order valence-electron chi connectivity index (χ1n) is 7.85. The van der Waals surface area contributed by atoms with Crippen LogP contribution >= 0.6 is 0 Å². The van der Waals surface area contributed by atoms with Crippen LogP contribution in [-0.2, 0) is 4.79 Å². The largest absolute Gasteiger partial charge is 0.327 e. The third kappa shape index (κ3) is 3.21. The van der Waals surface area contributed by atoms with Gasteiger partial charge in [-0.25, -0.2) is 0 Å². The van der Waals surface area contributed by atoms with Gasteiger partial charge in [-0.3, -0.25) is 4.79 Å². The minimum Gasteiger partial charge on any atom is -0.327 e. The molecule has 1 aromatic rings. The zero-order valence-electron chi connectivity index (χ0n) is 12.0. The van der Waals surface area contributed by atoms with E-state index in [9.17, 15) is 4.79 Å². The van der Waals surface area contributed by atoms with E-state index in [4.69, 9.17) is 5.73 Å². The summed E-state index contributed by atoms with van der Waals surface area (Å²) in [6.45, 7) is 0.880. The highest BCUT2D eigenvalue weighted by atomic mass is 16.2. The Balaban J connectivity index is 1.69. The van der Waals surface area contributed by atoms with Gasteiger partial charge in [0.25, 0.3) is 0 Å². The fraction of sp³-hybridized carbons (Fsp3) is 0.588. The molecule has 2 fully saturated rings. The van der Waals surface area contributed by atoms with E-state index in [1.807, 2.05) is 35.2 Å². The number of carbonyl (C=O) groups is 1. The Bertz CT molecular complexity index is 455. The topological polar surface area (TPSA) is 46.3 Å². The van der Waals surface area contributed by atoms with Crippen molar-refractivity contribution in [3.63, 3.8) is 0 Å². The number of hydrogen-bond donors (Lipinski definition) is 1. The van der Waals surface area contributed by atoms with Gasteiger partial charge in [0.2, 0.25) is 5.91 Å². The van der Waals surface area contributed by atoms with Crippen molar-refractivity contribution in [1.82, 2.24) is 0 Å². The first-order chi connectivity index (χ1) is 9.74. The number of carbonyl (C=O) groups excluding carboxylic acids is 1. The van der Waals surface area contributed by atoms with Crippen molar-refractivity contribution >= 4 is 11.6 Å². The summed E-state index contributed by atoms with van der Waals surface area (Å²) in [5, 5.41) is 0. The highest BCUT2D eigenvalue weighted by molar-refractivity contribution is 5.93. The van der Waals surface area contributed by atoms with Crippen molar-refractivity contribution in [3.05, 3.63) is 30.3 Å². The maximum Gasteiger partial charge on any atom is 0.227 e. The molecule has 20 heavy (non-hydrogen) atoms. The first kappa shape index (κ1) is 13.6. The summed E-state index contributed by atoms with van der Waals surface area (Å²) in [5.41, 5.74) is 7.15. The Kier molecular flexibility index (Phi) is 4.06. The number of para-hydroxylation sites is 1. The zero-order chi connectivity index (χ0) is 13.9. The predicted molar refractivity (Wildman–Crippen MR) is 81.5 cm³/mol. The molecule has 0 saturated heterocycles. The van der Waals surface area contributed by atoms with Crippen LogP contribution in [0.5, 0.6) is 0 Å². The normalized spacial score (nSPS) is 25.6. The van der Waals surface area contributed by atoms with E-state index in [2.05, 4.69) is 0 Å². The second-order valence-electron chi connectivity index (χ2n) is 6.34. The standard InChI is InChI=1S/C17H24N2O/c18-16-8-4-5-14(16)11-17(20)19(12-13-9-10-13)15-6-2-1-3-7-15/h1-3,6-7,13-14,16H,4-5,8-12,18H2/t14-,16+/m0/s1. The fourth-order valence-corrected chi connectivity index (χ4v) is 3.17. The molecule has 2 saturated carbocycles. The molecule has 2 aliphatic carbocycles. The Morgan fingerprint density at radius 1 is 1.15 bits per heavy atom. The van der Waals surface area contributed by atoms with Gasteiger partial charge in [0, 0.05) is 24.7 Å². The van der Waals surface area contributed by atoms with Crippen LogP contribution in [-0.4, -0.2) is 18.5 Å². The van der Waals surface area contributed by atoms with Crippen molar-refractivity contribution in [2.75, 3.05) is 11.4 Å². The molecule has 3 heteroatoms. The monoisotopic (exact) mass is 272 g/mol. The molecular formula is C17H24N2O. The summed E-state index contributed by atoms with van der Waals surface area (Å²) in [6.07, 6.45) is 6.50. The first-order valence-corrected chi connectivity index (χ1v) is 7.85. The van der Waals surface area contributed by atoms with Crippen LogP contribution in [0.4, 0.5) is 5.69 Å². The van der Waals surface area contributed by atoms with Gasteiger partial charge >= 0.3 is 0 Å². The summed E-state index contributed by atoms with van der Waals surface area (Å²) in [6, 6.07) is 10.3. The average molecular weight is 272 g/mol. The van der Waals surface area contributed by atoms with Gasteiger partial charge in [0.15, 0.2) is 0 Å². The summed E-state index contributed by atoms with van der Waals surface area (Å²) in [7, 11) is 0. The summed E-state index contributed by atoms with van der Waals surface area (Å²) in [5.74, 6) is 1.34. The third-order valence-electron chi connectivity index (χ3n) is 4.66. The lowest BCUT2D eigenvalue weighted by Gasteiger charge is -2.25. The van der Waals surface area contributed by atoms with E-state index >= 15 is 0 Å². The average Bonchev–Trinajstić information content (AvgIpc) is 3.20. The quantitative estimate of drug-likeness (QED) is 0.895. The number of amides is 1. The van der Waals surface area contributed by atoms with Crippen molar-refractivity contribution in [1.29, 1.82) is 0 Å². The van der Waals surface area contributed by atoms with Crippen LogP contribution in [0.1, 0.15) is 38.5 Å². The lowest BCUT2D eigenvalue weighted by atomic mass is 9.99. The molecule has 2 N–H and O–H groups in total. The number of rotatable bonds is 5. The lowest BCUT2D eigenvalue weighted by Crippen LogP contribution is -2.36. The number of benzene rings is 1. The van der Waals surface area contributed by atoms with Gasteiger partial charge in [-0.1, -0.05) is 24.6 Å². The van der Waals surface area contributed by atoms with Crippen LogP contribution in [0.3, 0.4) is 0 Å². The van der Waals surface area contributed by atoms with Crippen molar-refractivity contribution in [2.45, 2.75) is 44.6 Å². The predicted octanol–water partition coefficient (Wildman–Crippen LogP) is 2.95. The van der Waals surface area contributed by atoms with Gasteiger partial charge < -0.3 is 10.6 Å². The molecule has 3 rings (SSSR count). The second kappa shape index (κ2) is 5.96. The van der Waals surface area contributed by atoms with E-state index in [0.29, 0.717) is 18.3 Å². The van der Waals surface area contributed by atoms with Gasteiger partial charge in [0.1, 0.15) is 0 Å². The minimum absolute atomic E-state index is 0.220. The minimum atomic E-state index is 0.220. The maximum atomic E-state index is 12.7. The van der Waals surface area contributed by atoms with Gasteiger partial charge in [0.05, 0.1) is 0 Å². The van der Waals surface area contributed by atoms with E-state index in [-0.39, 0.29) is 11.9 Å². The van der Waals surface area contributed by atoms with Crippen LogP contribution in [0.25, 0.3) is 0 Å². The maximum absolute atomic E-state index is 12.7. The summed E-state index contributed by atoms with van der Waals surface area (Å²) < 4.78 is 0. The third-order valence-corrected chi connectivity index (χ3v) is 4.66. The SMILES string of the molecule is N[C@@H]1CCC[C@H]1CC(=O)N(CC1CC1)c1ccccc1. The molecule has 108 valence electrons. The number of nitrogens with zero attached hydrogens (tertiary/aromatic N) is 1. The second-order valence-corrected chi connectivity index (χ2v) is 6.34. The van der Waals surface area contributed by atoms with Gasteiger partial charge in [-0.05, 0) is 49.7 Å². The van der Waals surface area contributed by atoms with Crippen LogP contribution < -0.4 is 10.6 Å². The van der Waals surface area contributed by atoms with Gasteiger partial charge in [-0.15, -0.1) is 0 Å². The fourth-order valence-electron chi connectivity index (χ4n) is 3.17. The molecule has 3 nitrogen and oxygen atoms in total. The number of anilines is 1. The Hall–Kier alpha value is -1.35. The van der Waals surface area contributed by atoms with E-state index in [1.54, 1.807) is 0 Å². The molecule has 0 radical (unpaired) electrons. The smallest absolute Gasteiger partial charge is 0.227 e. The van der Waals surface area contributed by atoms with Crippen LogP contribution in [0.15, 0.2) is 30.3 Å². The van der Waals surface area contributed by atoms with E-state index < -0.39 is 0 Å². The van der Waals surface area contributed by atoms with E-state index in [1.165, 1.54) is 19.3 Å². The highest BCUT2D eigenvalue weighted by Gasteiger charge is 2.31. The molecular weight excluding hydrogens is 248 g/mol. The summed E-state index contributed by atoms with van der Waals surface area (Å²) >= 11 is 0. The molecule has 0 heterocycles. The molecule has 0 spiro atoms. The Morgan fingerprint density at radius 2 is 1.90 bits per heavy atom.